The van der Waals surface area contributed by atoms with Crippen molar-refractivity contribution >= 4 is 45.5 Å². The fourth-order valence-corrected chi connectivity index (χ4v) is 5.19. The second-order valence-electron chi connectivity index (χ2n) is 10.1. The third-order valence-corrected chi connectivity index (χ3v) is 7.79. The molecule has 1 aliphatic heterocycles. The maximum Gasteiger partial charge on any atom is 0.169 e. The number of benzene rings is 2. The Balaban J connectivity index is 1.42. The topological polar surface area (TPSA) is 58.1 Å². The second kappa shape index (κ2) is 9.75. The summed E-state index contributed by atoms with van der Waals surface area (Å²) in [5, 5.41) is 4.65. The van der Waals surface area contributed by atoms with Crippen molar-refractivity contribution < 1.29 is 9.18 Å². The van der Waals surface area contributed by atoms with Crippen LogP contribution in [0.1, 0.15) is 48.0 Å². The summed E-state index contributed by atoms with van der Waals surface area (Å²) in [6.07, 6.45) is 8.95. The van der Waals surface area contributed by atoms with Gasteiger partial charge in [0.05, 0.1) is 28.7 Å². The standard InChI is InChI=1S/C30H28ClFN4O/c1-18-25(31)14-21(15-26(18)32)20-7-9-27-23(13-20)29(24(17-33-27)30(37)19-5-6-19)35-22-8-10-28(34-16-22)36-11-3-2-4-12-36/h7-10,13-17,19H,2-6,11-12H2,1H3,(H,33,35). The molecule has 188 valence electrons. The number of Topliss-reactive ketones (excluding diaryl/α,β-unsaturated/α-hetero) is 1. The summed E-state index contributed by atoms with van der Waals surface area (Å²) in [7, 11) is 0. The van der Waals surface area contributed by atoms with Gasteiger partial charge in [0.15, 0.2) is 5.78 Å². The highest BCUT2D eigenvalue weighted by Gasteiger charge is 2.32. The normalized spacial score (nSPS) is 15.7. The van der Waals surface area contributed by atoms with E-state index < -0.39 is 0 Å². The number of nitrogens with one attached hydrogen (secondary N) is 1. The Morgan fingerprint density at radius 1 is 1.00 bits per heavy atom. The molecule has 37 heavy (non-hydrogen) atoms. The van der Waals surface area contributed by atoms with Crippen molar-refractivity contribution in [3.05, 3.63) is 76.8 Å². The number of aromatic nitrogens is 2. The number of carbonyl (C=O) groups excluding carboxylic acids is 1. The Hall–Kier alpha value is -3.51. The Bertz CT molecular complexity index is 1470. The maximum atomic E-state index is 14.5. The maximum absolute atomic E-state index is 14.5. The van der Waals surface area contributed by atoms with E-state index in [1.807, 2.05) is 36.5 Å². The molecule has 0 bridgehead atoms. The van der Waals surface area contributed by atoms with Crippen LogP contribution >= 0.6 is 11.6 Å². The van der Waals surface area contributed by atoms with E-state index in [0.717, 1.165) is 53.9 Å². The number of anilines is 3. The van der Waals surface area contributed by atoms with E-state index in [-0.39, 0.29) is 17.5 Å². The van der Waals surface area contributed by atoms with Gasteiger partial charge in [0.2, 0.25) is 0 Å². The van der Waals surface area contributed by atoms with Crippen LogP contribution < -0.4 is 10.2 Å². The van der Waals surface area contributed by atoms with Crippen molar-refractivity contribution in [3.63, 3.8) is 0 Å². The van der Waals surface area contributed by atoms with Gasteiger partial charge in [-0.2, -0.15) is 0 Å². The van der Waals surface area contributed by atoms with Crippen LogP contribution in [0.5, 0.6) is 0 Å². The van der Waals surface area contributed by atoms with E-state index in [0.29, 0.717) is 27.4 Å². The first-order valence-electron chi connectivity index (χ1n) is 12.9. The summed E-state index contributed by atoms with van der Waals surface area (Å²) in [4.78, 5) is 24.8. The molecule has 0 amide bonds. The zero-order valence-corrected chi connectivity index (χ0v) is 21.5. The lowest BCUT2D eigenvalue weighted by atomic mass is 9.98. The molecule has 4 aromatic rings. The van der Waals surface area contributed by atoms with Gasteiger partial charge in [0.25, 0.3) is 0 Å². The summed E-state index contributed by atoms with van der Waals surface area (Å²) in [5.41, 5.74) is 4.71. The monoisotopic (exact) mass is 514 g/mol. The molecule has 0 spiro atoms. The lowest BCUT2D eigenvalue weighted by Gasteiger charge is -2.27. The Morgan fingerprint density at radius 2 is 1.81 bits per heavy atom. The van der Waals surface area contributed by atoms with Crippen LogP contribution in [0.25, 0.3) is 22.0 Å². The highest BCUT2D eigenvalue weighted by Crippen LogP contribution is 2.39. The van der Waals surface area contributed by atoms with Crippen LogP contribution in [0.2, 0.25) is 5.02 Å². The summed E-state index contributed by atoms with van der Waals surface area (Å²) in [6.45, 7) is 3.72. The van der Waals surface area contributed by atoms with Gasteiger partial charge in [0, 0.05) is 41.2 Å². The van der Waals surface area contributed by atoms with Gasteiger partial charge in [-0.05, 0) is 86.6 Å². The van der Waals surface area contributed by atoms with Crippen LogP contribution in [0, 0.1) is 18.7 Å². The van der Waals surface area contributed by atoms with Crippen LogP contribution in [0.4, 0.5) is 21.6 Å². The Labute approximate surface area is 220 Å². The minimum atomic E-state index is -0.350. The first-order valence-corrected chi connectivity index (χ1v) is 13.3. The summed E-state index contributed by atoms with van der Waals surface area (Å²) < 4.78 is 14.5. The van der Waals surface area contributed by atoms with Crippen molar-refractivity contribution in [1.29, 1.82) is 0 Å². The fraction of sp³-hybridized carbons (Fsp3) is 0.300. The SMILES string of the molecule is Cc1c(F)cc(-c2ccc3ncc(C(=O)C4CC4)c(Nc4ccc(N5CCCCC5)nc4)c3c2)cc1Cl. The quantitative estimate of drug-likeness (QED) is 0.267. The largest absolute Gasteiger partial charge is 0.357 e. The number of piperidine rings is 1. The Kier molecular flexibility index (Phi) is 6.29. The van der Waals surface area contributed by atoms with Gasteiger partial charge < -0.3 is 10.2 Å². The summed E-state index contributed by atoms with van der Waals surface area (Å²) >= 11 is 6.28. The zero-order valence-electron chi connectivity index (χ0n) is 20.7. The molecule has 7 heteroatoms. The minimum Gasteiger partial charge on any atom is -0.357 e. The van der Waals surface area contributed by atoms with E-state index in [1.165, 1.54) is 25.3 Å². The van der Waals surface area contributed by atoms with Crippen LogP contribution in [0.3, 0.4) is 0 Å². The predicted molar refractivity (Wildman–Crippen MR) is 148 cm³/mol. The van der Waals surface area contributed by atoms with Crippen LogP contribution in [0.15, 0.2) is 54.9 Å². The number of hydrogen-bond acceptors (Lipinski definition) is 5. The zero-order chi connectivity index (χ0) is 25.5. The molecule has 5 nitrogen and oxygen atoms in total. The number of pyridine rings is 2. The molecule has 1 saturated heterocycles. The number of fused-ring (bicyclic) bond motifs is 1. The van der Waals surface area contributed by atoms with Crippen molar-refractivity contribution in [2.24, 2.45) is 5.92 Å². The first-order chi connectivity index (χ1) is 18.0. The first kappa shape index (κ1) is 23.9. The number of rotatable bonds is 6. The molecule has 0 unspecified atom stereocenters. The third kappa shape index (κ3) is 4.78. The van der Waals surface area contributed by atoms with Crippen molar-refractivity contribution in [3.8, 4) is 11.1 Å². The number of halogens is 2. The number of ketones is 1. The van der Waals surface area contributed by atoms with Crippen molar-refractivity contribution in [2.75, 3.05) is 23.3 Å². The average Bonchev–Trinajstić information content (AvgIpc) is 3.78. The molecule has 1 saturated carbocycles. The highest BCUT2D eigenvalue weighted by molar-refractivity contribution is 6.31. The second-order valence-corrected chi connectivity index (χ2v) is 10.5. The van der Waals surface area contributed by atoms with Gasteiger partial charge in [-0.1, -0.05) is 17.7 Å². The summed E-state index contributed by atoms with van der Waals surface area (Å²) in [6, 6.07) is 13.0. The lowest BCUT2D eigenvalue weighted by molar-refractivity contribution is 0.0968. The van der Waals surface area contributed by atoms with Crippen molar-refractivity contribution in [2.45, 2.75) is 39.0 Å². The van der Waals surface area contributed by atoms with Crippen LogP contribution in [-0.4, -0.2) is 28.8 Å². The van der Waals surface area contributed by atoms with Gasteiger partial charge in [-0.3, -0.25) is 9.78 Å². The Morgan fingerprint density at radius 3 is 2.51 bits per heavy atom. The third-order valence-electron chi connectivity index (χ3n) is 7.39. The predicted octanol–water partition coefficient (Wildman–Crippen LogP) is 7.72. The highest BCUT2D eigenvalue weighted by atomic mass is 35.5. The minimum absolute atomic E-state index is 0.0487. The van der Waals surface area contributed by atoms with E-state index in [4.69, 9.17) is 16.6 Å². The molecule has 2 fully saturated rings. The van der Waals surface area contributed by atoms with Crippen molar-refractivity contribution in [1.82, 2.24) is 9.97 Å². The van der Waals surface area contributed by atoms with Gasteiger partial charge in [-0.15, -0.1) is 0 Å². The molecular formula is C30H28ClFN4O. The molecular weight excluding hydrogens is 487 g/mol. The number of hydrogen-bond donors (Lipinski definition) is 1. The molecule has 1 N–H and O–H groups in total. The molecule has 0 atom stereocenters. The number of carbonyl (C=O) groups is 1. The van der Waals surface area contributed by atoms with E-state index in [1.54, 1.807) is 19.2 Å². The van der Waals surface area contributed by atoms with E-state index >= 15 is 0 Å². The fourth-order valence-electron chi connectivity index (χ4n) is 4.99. The van der Waals surface area contributed by atoms with Gasteiger partial charge >= 0.3 is 0 Å². The molecule has 2 aliphatic rings. The molecule has 0 radical (unpaired) electrons. The summed E-state index contributed by atoms with van der Waals surface area (Å²) in [5.74, 6) is 0.772. The molecule has 6 rings (SSSR count). The molecule has 3 heterocycles. The van der Waals surface area contributed by atoms with Gasteiger partial charge in [-0.25, -0.2) is 9.37 Å². The molecule has 2 aromatic carbocycles. The van der Waals surface area contributed by atoms with Crippen LogP contribution in [-0.2, 0) is 0 Å². The molecule has 2 aromatic heterocycles. The van der Waals surface area contributed by atoms with Gasteiger partial charge in [0.1, 0.15) is 11.6 Å². The lowest BCUT2D eigenvalue weighted by Crippen LogP contribution is -2.29. The smallest absolute Gasteiger partial charge is 0.169 e. The number of nitrogens with zero attached hydrogens (tertiary/aromatic N) is 3. The average molecular weight is 515 g/mol. The van der Waals surface area contributed by atoms with E-state index in [9.17, 15) is 9.18 Å². The molecule has 1 aliphatic carbocycles. The van der Waals surface area contributed by atoms with E-state index in [2.05, 4.69) is 15.2 Å².